The average molecular weight is 487 g/mol. The van der Waals surface area contributed by atoms with Crippen molar-refractivity contribution in [1.82, 2.24) is 9.97 Å². The van der Waals surface area contributed by atoms with Gasteiger partial charge >= 0.3 is 0 Å². The largest absolute Gasteiger partial charge is 0.228 e. The highest BCUT2D eigenvalue weighted by molar-refractivity contribution is 6.09. The van der Waals surface area contributed by atoms with E-state index in [9.17, 15) is 0 Å². The summed E-state index contributed by atoms with van der Waals surface area (Å²) < 4.78 is 0. The van der Waals surface area contributed by atoms with Gasteiger partial charge < -0.3 is 0 Å². The van der Waals surface area contributed by atoms with Crippen LogP contribution in [-0.2, 0) is 0 Å². The second-order valence-corrected chi connectivity index (χ2v) is 9.95. The summed E-state index contributed by atoms with van der Waals surface area (Å²) in [4.78, 5) is 10.4. The Labute approximate surface area is 222 Å². The van der Waals surface area contributed by atoms with E-state index in [1.165, 1.54) is 43.8 Å². The quantitative estimate of drug-likeness (QED) is 0.232. The van der Waals surface area contributed by atoms with Crippen LogP contribution in [0.1, 0.15) is 11.1 Å². The van der Waals surface area contributed by atoms with E-state index < -0.39 is 0 Å². The van der Waals surface area contributed by atoms with Gasteiger partial charge in [-0.2, -0.15) is 0 Å². The standard InChI is InChI=1S/C36H26N2/c1-23-10-3-5-13-28(23)34-24(2)11-9-16-31(34)36-37-33-17-8-7-15-30(33)35(38-36)27-21-20-26-19-18-25-12-4-6-14-29(25)32(26)22-27/h3-22H,1-2H3. The molecule has 0 bridgehead atoms. The molecule has 7 aromatic rings. The summed E-state index contributed by atoms with van der Waals surface area (Å²) in [5.41, 5.74) is 8.92. The van der Waals surface area contributed by atoms with Crippen LogP contribution < -0.4 is 0 Å². The zero-order chi connectivity index (χ0) is 25.6. The van der Waals surface area contributed by atoms with E-state index in [2.05, 4.69) is 135 Å². The molecule has 2 nitrogen and oxygen atoms in total. The highest BCUT2D eigenvalue weighted by Crippen LogP contribution is 2.38. The monoisotopic (exact) mass is 486 g/mol. The van der Waals surface area contributed by atoms with Gasteiger partial charge in [-0.3, -0.25) is 0 Å². The zero-order valence-corrected chi connectivity index (χ0v) is 21.4. The van der Waals surface area contributed by atoms with Crippen molar-refractivity contribution in [2.24, 2.45) is 0 Å². The van der Waals surface area contributed by atoms with Crippen LogP contribution in [0.3, 0.4) is 0 Å². The SMILES string of the molecule is Cc1ccccc1-c1c(C)cccc1-c1nc(-c2ccc3ccc4ccccc4c3c2)c2ccccc2n1. The lowest BCUT2D eigenvalue weighted by atomic mass is 9.91. The van der Waals surface area contributed by atoms with Crippen LogP contribution in [0.2, 0.25) is 0 Å². The van der Waals surface area contributed by atoms with Crippen molar-refractivity contribution in [3.8, 4) is 33.8 Å². The molecule has 7 rings (SSSR count). The molecular formula is C36H26N2. The summed E-state index contributed by atoms with van der Waals surface area (Å²) in [5, 5.41) is 6.02. The Morgan fingerprint density at radius 1 is 0.474 bits per heavy atom. The Morgan fingerprint density at radius 2 is 1.13 bits per heavy atom. The number of para-hydroxylation sites is 1. The molecule has 0 aliphatic heterocycles. The molecule has 0 aliphatic carbocycles. The number of aryl methyl sites for hydroxylation is 2. The van der Waals surface area contributed by atoms with E-state index in [0.717, 1.165) is 33.5 Å². The maximum atomic E-state index is 5.27. The van der Waals surface area contributed by atoms with Crippen molar-refractivity contribution in [3.05, 3.63) is 132 Å². The molecule has 0 unspecified atom stereocenters. The van der Waals surface area contributed by atoms with Crippen LogP contribution in [0.15, 0.2) is 121 Å². The molecule has 0 radical (unpaired) electrons. The molecule has 0 N–H and O–H groups in total. The van der Waals surface area contributed by atoms with Gasteiger partial charge in [-0.05, 0) is 69.8 Å². The fourth-order valence-electron chi connectivity index (χ4n) is 5.63. The smallest absolute Gasteiger partial charge is 0.161 e. The Morgan fingerprint density at radius 3 is 2.00 bits per heavy atom. The van der Waals surface area contributed by atoms with E-state index in [4.69, 9.17) is 9.97 Å². The molecule has 0 fully saturated rings. The maximum Gasteiger partial charge on any atom is 0.161 e. The first-order valence-electron chi connectivity index (χ1n) is 13.0. The fraction of sp³-hybridized carbons (Fsp3) is 0.0556. The molecule has 38 heavy (non-hydrogen) atoms. The number of rotatable bonds is 3. The van der Waals surface area contributed by atoms with Crippen LogP contribution in [0.4, 0.5) is 0 Å². The van der Waals surface area contributed by atoms with Crippen LogP contribution in [0.25, 0.3) is 66.2 Å². The molecule has 180 valence electrons. The Kier molecular flexibility index (Phi) is 5.26. The number of nitrogens with zero attached hydrogens (tertiary/aromatic N) is 2. The van der Waals surface area contributed by atoms with Gasteiger partial charge in [0.2, 0.25) is 0 Å². The molecule has 0 saturated carbocycles. The second-order valence-electron chi connectivity index (χ2n) is 9.95. The van der Waals surface area contributed by atoms with Crippen molar-refractivity contribution in [1.29, 1.82) is 0 Å². The maximum absolute atomic E-state index is 5.27. The number of aromatic nitrogens is 2. The first-order valence-corrected chi connectivity index (χ1v) is 13.0. The van der Waals surface area contributed by atoms with Gasteiger partial charge in [0.25, 0.3) is 0 Å². The van der Waals surface area contributed by atoms with Crippen molar-refractivity contribution in [2.45, 2.75) is 13.8 Å². The van der Waals surface area contributed by atoms with Gasteiger partial charge in [0, 0.05) is 16.5 Å². The number of hydrogen-bond donors (Lipinski definition) is 0. The van der Waals surface area contributed by atoms with Crippen molar-refractivity contribution in [3.63, 3.8) is 0 Å². The molecule has 1 aromatic heterocycles. The van der Waals surface area contributed by atoms with Crippen LogP contribution in [-0.4, -0.2) is 9.97 Å². The van der Waals surface area contributed by atoms with E-state index >= 15 is 0 Å². The average Bonchev–Trinajstić information content (AvgIpc) is 2.96. The predicted molar refractivity (Wildman–Crippen MR) is 160 cm³/mol. The first-order chi connectivity index (χ1) is 18.7. The Balaban J connectivity index is 1.51. The summed E-state index contributed by atoms with van der Waals surface area (Å²) >= 11 is 0. The third kappa shape index (κ3) is 3.65. The topological polar surface area (TPSA) is 25.8 Å². The van der Waals surface area contributed by atoms with Gasteiger partial charge in [-0.15, -0.1) is 0 Å². The lowest BCUT2D eigenvalue weighted by Crippen LogP contribution is -1.98. The van der Waals surface area contributed by atoms with Gasteiger partial charge in [0.05, 0.1) is 11.2 Å². The number of hydrogen-bond acceptors (Lipinski definition) is 2. The molecule has 0 aliphatic rings. The molecule has 2 heteroatoms. The second kappa shape index (κ2) is 8.93. The van der Waals surface area contributed by atoms with E-state index in [1.54, 1.807) is 0 Å². The van der Waals surface area contributed by atoms with Gasteiger partial charge in [-0.1, -0.05) is 109 Å². The fourth-order valence-corrected chi connectivity index (χ4v) is 5.63. The zero-order valence-electron chi connectivity index (χ0n) is 21.4. The Hall–Kier alpha value is -4.82. The molecule has 0 atom stereocenters. The molecule has 6 aromatic carbocycles. The van der Waals surface area contributed by atoms with Gasteiger partial charge in [0.15, 0.2) is 5.82 Å². The van der Waals surface area contributed by atoms with Crippen LogP contribution >= 0.6 is 0 Å². The molecule has 1 heterocycles. The molecular weight excluding hydrogens is 460 g/mol. The van der Waals surface area contributed by atoms with Crippen LogP contribution in [0, 0.1) is 13.8 Å². The van der Waals surface area contributed by atoms with Crippen molar-refractivity contribution < 1.29 is 0 Å². The minimum Gasteiger partial charge on any atom is -0.228 e. The summed E-state index contributed by atoms with van der Waals surface area (Å²) in [5.74, 6) is 0.749. The Bertz CT molecular complexity index is 2000. The molecule has 0 spiro atoms. The number of fused-ring (bicyclic) bond motifs is 4. The van der Waals surface area contributed by atoms with E-state index in [1.807, 2.05) is 0 Å². The van der Waals surface area contributed by atoms with Crippen molar-refractivity contribution in [2.75, 3.05) is 0 Å². The summed E-state index contributed by atoms with van der Waals surface area (Å²) in [6.45, 7) is 4.33. The minimum absolute atomic E-state index is 0.749. The minimum atomic E-state index is 0.749. The predicted octanol–water partition coefficient (Wildman–Crippen LogP) is 9.55. The molecule has 0 amide bonds. The summed E-state index contributed by atoms with van der Waals surface area (Å²) in [6, 6.07) is 42.9. The van der Waals surface area contributed by atoms with Crippen LogP contribution in [0.5, 0.6) is 0 Å². The highest BCUT2D eigenvalue weighted by atomic mass is 14.9. The number of benzene rings is 6. The van der Waals surface area contributed by atoms with Gasteiger partial charge in [-0.25, -0.2) is 9.97 Å². The normalized spacial score (nSPS) is 11.4. The lowest BCUT2D eigenvalue weighted by Gasteiger charge is -2.16. The highest BCUT2D eigenvalue weighted by Gasteiger charge is 2.17. The van der Waals surface area contributed by atoms with E-state index in [0.29, 0.717) is 0 Å². The third-order valence-corrected chi connectivity index (χ3v) is 7.55. The summed E-state index contributed by atoms with van der Waals surface area (Å²) in [6.07, 6.45) is 0. The lowest BCUT2D eigenvalue weighted by molar-refractivity contribution is 1.22. The van der Waals surface area contributed by atoms with Gasteiger partial charge in [0.1, 0.15) is 0 Å². The van der Waals surface area contributed by atoms with E-state index in [-0.39, 0.29) is 0 Å². The molecule has 0 saturated heterocycles. The third-order valence-electron chi connectivity index (χ3n) is 7.55. The van der Waals surface area contributed by atoms with Crippen molar-refractivity contribution >= 4 is 32.4 Å². The first kappa shape index (κ1) is 22.4. The summed E-state index contributed by atoms with van der Waals surface area (Å²) in [7, 11) is 0.